The maximum Gasteiger partial charge on any atom is 0.228 e. The minimum absolute atomic E-state index is 0.250. The summed E-state index contributed by atoms with van der Waals surface area (Å²) in [5.74, 6) is 1.14. The second kappa shape index (κ2) is 7.80. The fourth-order valence-corrected chi connectivity index (χ4v) is 5.14. The molecular weight excluding hydrogens is 413 g/mol. The summed E-state index contributed by atoms with van der Waals surface area (Å²) >= 11 is 0. The number of aromatic nitrogens is 4. The van der Waals surface area contributed by atoms with E-state index < -0.39 is 0 Å². The number of benzene rings is 2. The Kier molecular flexibility index (Phi) is 4.75. The van der Waals surface area contributed by atoms with E-state index in [4.69, 9.17) is 9.97 Å². The van der Waals surface area contributed by atoms with Gasteiger partial charge in [0.15, 0.2) is 11.5 Å². The normalized spacial score (nSPS) is 17.5. The van der Waals surface area contributed by atoms with Gasteiger partial charge in [-0.25, -0.2) is 9.37 Å². The monoisotopic (exact) mass is 439 g/mol. The van der Waals surface area contributed by atoms with Crippen LogP contribution in [0.4, 0.5) is 10.3 Å². The Hall–Kier alpha value is -3.54. The molecule has 2 aromatic heterocycles. The SMILES string of the molecule is CC(C)c1cnn2c(N[C@@H]3CCC4=C(C3)c3ccccc3C4)nc(-c3cccc(F)c3)nc12. The highest BCUT2D eigenvalue weighted by molar-refractivity contribution is 5.77. The average Bonchev–Trinajstić information content (AvgIpc) is 3.41. The van der Waals surface area contributed by atoms with Crippen molar-refractivity contribution in [2.24, 2.45) is 0 Å². The van der Waals surface area contributed by atoms with Crippen LogP contribution in [0.25, 0.3) is 22.6 Å². The Morgan fingerprint density at radius 1 is 1.09 bits per heavy atom. The van der Waals surface area contributed by atoms with Crippen molar-refractivity contribution in [2.45, 2.75) is 51.5 Å². The van der Waals surface area contributed by atoms with Gasteiger partial charge in [0.1, 0.15) is 5.82 Å². The molecule has 0 amide bonds. The number of anilines is 1. The minimum atomic E-state index is -0.297. The van der Waals surface area contributed by atoms with E-state index in [2.05, 4.69) is 48.5 Å². The van der Waals surface area contributed by atoms with Crippen molar-refractivity contribution in [1.29, 1.82) is 0 Å². The highest BCUT2D eigenvalue weighted by Crippen LogP contribution is 2.42. The molecule has 0 fully saturated rings. The zero-order chi connectivity index (χ0) is 22.5. The number of allylic oxidation sites excluding steroid dienone is 1. The van der Waals surface area contributed by atoms with Gasteiger partial charge in [-0.3, -0.25) is 0 Å². The molecule has 1 atom stereocenters. The van der Waals surface area contributed by atoms with Crippen molar-refractivity contribution >= 4 is 17.2 Å². The van der Waals surface area contributed by atoms with Crippen molar-refractivity contribution < 1.29 is 4.39 Å². The summed E-state index contributed by atoms with van der Waals surface area (Å²) in [5, 5.41) is 8.27. The molecule has 0 saturated carbocycles. The largest absolute Gasteiger partial charge is 0.351 e. The van der Waals surface area contributed by atoms with E-state index in [9.17, 15) is 4.39 Å². The van der Waals surface area contributed by atoms with E-state index in [-0.39, 0.29) is 17.8 Å². The number of fused-ring (bicyclic) bond motifs is 3. The van der Waals surface area contributed by atoms with Crippen LogP contribution in [0.5, 0.6) is 0 Å². The fraction of sp³-hybridized carbons (Fsp3) is 0.296. The molecule has 5 nitrogen and oxygen atoms in total. The molecule has 0 spiro atoms. The van der Waals surface area contributed by atoms with Gasteiger partial charge >= 0.3 is 0 Å². The average molecular weight is 440 g/mol. The highest BCUT2D eigenvalue weighted by Gasteiger charge is 2.29. The van der Waals surface area contributed by atoms with Gasteiger partial charge in [0.05, 0.1) is 6.20 Å². The van der Waals surface area contributed by atoms with E-state index >= 15 is 0 Å². The van der Waals surface area contributed by atoms with E-state index in [1.54, 1.807) is 16.2 Å². The predicted octanol–water partition coefficient (Wildman–Crippen LogP) is 6.03. The standard InChI is InChI=1S/C27H26FN5/c1-16(2)24-15-29-33-26(24)31-25(19-7-5-8-20(28)13-19)32-27(33)30-21-11-10-18-12-17-6-3-4-9-22(17)23(18)14-21/h3-9,13,15-16,21H,10-12,14H2,1-2H3,(H,30,31,32)/t21-/m1/s1. The van der Waals surface area contributed by atoms with Crippen LogP contribution < -0.4 is 5.32 Å². The minimum Gasteiger partial charge on any atom is -0.351 e. The molecule has 6 rings (SSSR count). The summed E-state index contributed by atoms with van der Waals surface area (Å²) in [4.78, 5) is 9.58. The number of hydrogen-bond acceptors (Lipinski definition) is 4. The van der Waals surface area contributed by atoms with Crippen LogP contribution in [0, 0.1) is 5.82 Å². The summed E-state index contributed by atoms with van der Waals surface area (Å²) < 4.78 is 15.7. The predicted molar refractivity (Wildman–Crippen MR) is 129 cm³/mol. The number of nitrogens with zero attached hydrogens (tertiary/aromatic N) is 4. The lowest BCUT2D eigenvalue weighted by molar-refractivity contribution is 0.624. The van der Waals surface area contributed by atoms with Crippen molar-refractivity contribution in [3.05, 3.63) is 82.8 Å². The summed E-state index contributed by atoms with van der Waals surface area (Å²) in [6.45, 7) is 4.25. The van der Waals surface area contributed by atoms with Crippen molar-refractivity contribution in [3.8, 4) is 11.4 Å². The van der Waals surface area contributed by atoms with Crippen LogP contribution in [-0.4, -0.2) is 25.6 Å². The van der Waals surface area contributed by atoms with Crippen LogP contribution in [0.2, 0.25) is 0 Å². The topological polar surface area (TPSA) is 55.1 Å². The molecule has 6 heteroatoms. The van der Waals surface area contributed by atoms with Gasteiger partial charge in [-0.1, -0.05) is 55.8 Å². The third kappa shape index (κ3) is 3.50. The van der Waals surface area contributed by atoms with Crippen LogP contribution >= 0.6 is 0 Å². The van der Waals surface area contributed by atoms with Crippen molar-refractivity contribution in [2.75, 3.05) is 5.32 Å². The lowest BCUT2D eigenvalue weighted by Crippen LogP contribution is -2.25. The summed E-state index contributed by atoms with van der Waals surface area (Å²) in [5.41, 5.74) is 8.37. The molecule has 166 valence electrons. The Morgan fingerprint density at radius 2 is 1.97 bits per heavy atom. The molecule has 4 aromatic rings. The summed E-state index contributed by atoms with van der Waals surface area (Å²) in [6.07, 6.45) is 6.04. The van der Waals surface area contributed by atoms with Crippen LogP contribution in [0.15, 0.2) is 60.3 Å². The van der Waals surface area contributed by atoms with Crippen LogP contribution in [-0.2, 0) is 6.42 Å². The van der Waals surface area contributed by atoms with Crippen molar-refractivity contribution in [1.82, 2.24) is 19.6 Å². The van der Waals surface area contributed by atoms with Gasteiger partial charge in [0, 0.05) is 17.2 Å². The zero-order valence-corrected chi connectivity index (χ0v) is 18.8. The maximum absolute atomic E-state index is 13.9. The lowest BCUT2D eigenvalue weighted by Gasteiger charge is -2.26. The van der Waals surface area contributed by atoms with Crippen LogP contribution in [0.1, 0.15) is 55.7 Å². The molecule has 2 aliphatic carbocycles. The number of rotatable bonds is 4. The van der Waals surface area contributed by atoms with E-state index in [0.717, 1.165) is 36.9 Å². The molecule has 0 unspecified atom stereocenters. The molecule has 0 saturated heterocycles. The maximum atomic E-state index is 13.9. The first-order chi connectivity index (χ1) is 16.1. The zero-order valence-electron chi connectivity index (χ0n) is 18.8. The molecule has 0 bridgehead atoms. The molecular formula is C27H26FN5. The first-order valence-corrected chi connectivity index (χ1v) is 11.6. The van der Waals surface area contributed by atoms with E-state index in [1.165, 1.54) is 28.8 Å². The number of nitrogens with one attached hydrogen (secondary N) is 1. The summed E-state index contributed by atoms with van der Waals surface area (Å²) in [6, 6.07) is 15.4. The van der Waals surface area contributed by atoms with Crippen molar-refractivity contribution in [3.63, 3.8) is 0 Å². The van der Waals surface area contributed by atoms with Gasteiger partial charge in [-0.2, -0.15) is 14.6 Å². The number of hydrogen-bond donors (Lipinski definition) is 1. The Bertz CT molecular complexity index is 1400. The first kappa shape index (κ1) is 20.1. The second-order valence-electron chi connectivity index (χ2n) is 9.37. The molecule has 33 heavy (non-hydrogen) atoms. The van der Waals surface area contributed by atoms with E-state index in [1.807, 2.05) is 12.3 Å². The Morgan fingerprint density at radius 3 is 2.82 bits per heavy atom. The molecule has 2 heterocycles. The Labute approximate surface area is 192 Å². The summed E-state index contributed by atoms with van der Waals surface area (Å²) in [7, 11) is 0. The molecule has 2 aromatic carbocycles. The van der Waals surface area contributed by atoms with Gasteiger partial charge in [-0.05, 0) is 60.4 Å². The fourth-order valence-electron chi connectivity index (χ4n) is 5.14. The highest BCUT2D eigenvalue weighted by atomic mass is 19.1. The molecule has 2 aliphatic rings. The molecule has 0 aliphatic heterocycles. The van der Waals surface area contributed by atoms with Gasteiger partial charge in [0.2, 0.25) is 5.95 Å². The third-order valence-corrected chi connectivity index (χ3v) is 6.85. The van der Waals surface area contributed by atoms with Gasteiger partial charge in [0.25, 0.3) is 0 Å². The lowest BCUT2D eigenvalue weighted by atomic mass is 9.88. The second-order valence-corrected chi connectivity index (χ2v) is 9.37. The van der Waals surface area contributed by atoms with E-state index in [0.29, 0.717) is 17.3 Å². The van der Waals surface area contributed by atoms with Crippen LogP contribution in [0.3, 0.4) is 0 Å². The quantitative estimate of drug-likeness (QED) is 0.422. The molecule has 1 N–H and O–H groups in total. The van der Waals surface area contributed by atoms with Gasteiger partial charge in [-0.15, -0.1) is 0 Å². The Balaban J connectivity index is 1.38. The number of halogens is 1. The third-order valence-electron chi connectivity index (χ3n) is 6.85. The van der Waals surface area contributed by atoms with Gasteiger partial charge < -0.3 is 5.32 Å². The molecule has 0 radical (unpaired) electrons. The smallest absolute Gasteiger partial charge is 0.228 e. The first-order valence-electron chi connectivity index (χ1n) is 11.6.